The van der Waals surface area contributed by atoms with E-state index in [0.717, 1.165) is 12.8 Å². The lowest BCUT2D eigenvalue weighted by molar-refractivity contribution is 0.0467. The lowest BCUT2D eigenvalue weighted by Gasteiger charge is -2.12. The molecule has 2 nitrogen and oxygen atoms in total. The molecule has 2 atom stereocenters. The van der Waals surface area contributed by atoms with Crippen LogP contribution in [0.15, 0.2) is 0 Å². The highest BCUT2D eigenvalue weighted by atomic mass is 35.5. The normalized spacial score (nSPS) is 14.2. The zero-order valence-electron chi connectivity index (χ0n) is 14.6. The van der Waals surface area contributed by atoms with E-state index in [9.17, 15) is 0 Å². The fourth-order valence-corrected chi connectivity index (χ4v) is 2.78. The van der Waals surface area contributed by atoms with Crippen molar-refractivity contribution in [2.45, 2.75) is 88.8 Å². The van der Waals surface area contributed by atoms with Crippen molar-refractivity contribution in [1.82, 2.24) is 0 Å². The van der Waals surface area contributed by atoms with Gasteiger partial charge in [-0.25, -0.2) is 0 Å². The van der Waals surface area contributed by atoms with Gasteiger partial charge in [0.05, 0.1) is 37.2 Å². The van der Waals surface area contributed by atoms with Crippen molar-refractivity contribution < 1.29 is 9.47 Å². The predicted molar refractivity (Wildman–Crippen MR) is 98.4 cm³/mol. The molecule has 0 aliphatic carbocycles. The van der Waals surface area contributed by atoms with E-state index >= 15 is 0 Å². The summed E-state index contributed by atoms with van der Waals surface area (Å²) in [5.41, 5.74) is 0. The fourth-order valence-electron chi connectivity index (χ4n) is 2.29. The van der Waals surface area contributed by atoms with Crippen molar-refractivity contribution in [1.29, 1.82) is 0 Å². The summed E-state index contributed by atoms with van der Waals surface area (Å²) in [7, 11) is 0. The van der Waals surface area contributed by atoms with Crippen molar-refractivity contribution in [2.75, 3.05) is 26.4 Å². The molecule has 0 aliphatic rings. The average molecular weight is 355 g/mol. The minimum absolute atomic E-state index is 0.135. The van der Waals surface area contributed by atoms with E-state index in [1.807, 2.05) is 0 Å². The molecule has 0 saturated heterocycles. The predicted octanol–water partition coefficient (Wildman–Crippen LogP) is 6.18. The molecule has 2 unspecified atom stereocenters. The molecule has 0 aromatic carbocycles. The highest BCUT2D eigenvalue weighted by molar-refractivity contribution is 6.20. The largest absolute Gasteiger partial charge is 0.378 e. The van der Waals surface area contributed by atoms with E-state index in [-0.39, 0.29) is 10.8 Å². The molecule has 0 radical (unpaired) electrons. The first-order valence-electron chi connectivity index (χ1n) is 9.14. The van der Waals surface area contributed by atoms with Gasteiger partial charge in [0.15, 0.2) is 0 Å². The molecule has 22 heavy (non-hydrogen) atoms. The molecule has 0 bridgehead atoms. The Hall–Kier alpha value is 0.500. The topological polar surface area (TPSA) is 18.5 Å². The first kappa shape index (κ1) is 22.5. The summed E-state index contributed by atoms with van der Waals surface area (Å²) in [6.45, 7) is 6.90. The summed E-state index contributed by atoms with van der Waals surface area (Å²) >= 11 is 12.4. The van der Waals surface area contributed by atoms with Gasteiger partial charge >= 0.3 is 0 Å². The summed E-state index contributed by atoms with van der Waals surface area (Å²) in [6, 6.07) is 0. The van der Waals surface area contributed by atoms with Gasteiger partial charge in [-0.1, -0.05) is 65.2 Å². The maximum atomic E-state index is 6.22. The number of halogens is 2. The number of hydrogen-bond donors (Lipinski definition) is 0. The van der Waals surface area contributed by atoms with E-state index < -0.39 is 0 Å². The molecule has 0 saturated carbocycles. The summed E-state index contributed by atoms with van der Waals surface area (Å²) in [6.07, 6.45) is 12.2. The van der Waals surface area contributed by atoms with Crippen molar-refractivity contribution in [3.8, 4) is 0 Å². The van der Waals surface area contributed by atoms with Gasteiger partial charge in [-0.15, -0.1) is 23.2 Å². The highest BCUT2D eigenvalue weighted by Crippen LogP contribution is 2.11. The maximum Gasteiger partial charge on any atom is 0.0701 e. The summed E-state index contributed by atoms with van der Waals surface area (Å²) in [5.74, 6) is 0. The highest BCUT2D eigenvalue weighted by Gasteiger charge is 2.06. The van der Waals surface area contributed by atoms with Gasteiger partial charge in [0.25, 0.3) is 0 Å². The molecule has 4 heteroatoms. The van der Waals surface area contributed by atoms with Crippen LogP contribution in [0.4, 0.5) is 0 Å². The number of rotatable bonds is 17. The van der Waals surface area contributed by atoms with E-state index in [1.54, 1.807) is 0 Å². The molecule has 0 fully saturated rings. The van der Waals surface area contributed by atoms with E-state index in [0.29, 0.717) is 26.4 Å². The molecule has 0 rings (SSSR count). The fraction of sp³-hybridized carbons (Fsp3) is 1.00. The van der Waals surface area contributed by atoms with Crippen molar-refractivity contribution in [2.24, 2.45) is 0 Å². The van der Waals surface area contributed by atoms with E-state index in [4.69, 9.17) is 32.7 Å². The first-order chi connectivity index (χ1) is 10.7. The third-order valence-electron chi connectivity index (χ3n) is 3.71. The number of hydrogen-bond acceptors (Lipinski definition) is 2. The third-order valence-corrected chi connectivity index (χ3v) is 4.40. The molecule has 0 aromatic heterocycles. The van der Waals surface area contributed by atoms with Gasteiger partial charge in [0, 0.05) is 0 Å². The Morgan fingerprint density at radius 3 is 1.41 bits per heavy atom. The number of alkyl halides is 2. The maximum absolute atomic E-state index is 6.22. The van der Waals surface area contributed by atoms with Crippen LogP contribution in [0.5, 0.6) is 0 Å². The van der Waals surface area contributed by atoms with Crippen LogP contribution in [-0.2, 0) is 9.47 Å². The number of unbranched alkanes of at least 4 members (excludes halogenated alkanes) is 6. The molecule has 0 N–H and O–H groups in total. The number of ether oxygens (including phenoxy) is 2. The summed E-state index contributed by atoms with van der Waals surface area (Å²) in [4.78, 5) is 0. The third kappa shape index (κ3) is 16.9. The summed E-state index contributed by atoms with van der Waals surface area (Å²) in [5, 5.41) is 0.271. The first-order valence-corrected chi connectivity index (χ1v) is 10.0. The van der Waals surface area contributed by atoms with E-state index in [1.165, 1.54) is 51.4 Å². The molecular formula is C18H36Cl2O2. The standard InChI is InChI=1S/C18H36Cl2O2/c1-3-5-7-9-11-17(19)15-21-13-14-22-16-18(20)12-10-8-6-4-2/h17-18H,3-16H2,1-2H3. The molecule has 0 heterocycles. The lowest BCUT2D eigenvalue weighted by atomic mass is 10.1. The Balaban J connectivity index is 3.24. The van der Waals surface area contributed by atoms with E-state index in [2.05, 4.69) is 13.8 Å². The van der Waals surface area contributed by atoms with Crippen LogP contribution < -0.4 is 0 Å². The second-order valence-electron chi connectivity index (χ2n) is 6.04. The molecule has 0 spiro atoms. The molecule has 0 amide bonds. The Kier molecular flexibility index (Phi) is 18.3. The van der Waals surface area contributed by atoms with Gasteiger partial charge in [-0.3, -0.25) is 0 Å². The molecule has 134 valence electrons. The van der Waals surface area contributed by atoms with Crippen LogP contribution >= 0.6 is 23.2 Å². The minimum atomic E-state index is 0.135. The van der Waals surface area contributed by atoms with Crippen LogP contribution in [0.2, 0.25) is 0 Å². The Labute approximate surface area is 148 Å². The van der Waals surface area contributed by atoms with Crippen molar-refractivity contribution in [3.05, 3.63) is 0 Å². The molecule has 0 aliphatic heterocycles. The quantitative estimate of drug-likeness (QED) is 0.229. The Morgan fingerprint density at radius 2 is 1.05 bits per heavy atom. The van der Waals surface area contributed by atoms with Crippen LogP contribution in [0.3, 0.4) is 0 Å². The Morgan fingerprint density at radius 1 is 0.636 bits per heavy atom. The smallest absolute Gasteiger partial charge is 0.0701 e. The minimum Gasteiger partial charge on any atom is -0.378 e. The van der Waals surface area contributed by atoms with Gasteiger partial charge in [-0.2, -0.15) is 0 Å². The van der Waals surface area contributed by atoms with Crippen LogP contribution in [0.25, 0.3) is 0 Å². The second-order valence-corrected chi connectivity index (χ2v) is 7.28. The van der Waals surface area contributed by atoms with Gasteiger partial charge in [0.1, 0.15) is 0 Å². The molecular weight excluding hydrogens is 319 g/mol. The van der Waals surface area contributed by atoms with Crippen molar-refractivity contribution in [3.63, 3.8) is 0 Å². The van der Waals surface area contributed by atoms with Crippen LogP contribution in [-0.4, -0.2) is 37.2 Å². The zero-order valence-corrected chi connectivity index (χ0v) is 16.1. The summed E-state index contributed by atoms with van der Waals surface area (Å²) < 4.78 is 11.1. The monoisotopic (exact) mass is 354 g/mol. The van der Waals surface area contributed by atoms with Crippen LogP contribution in [0.1, 0.15) is 78.1 Å². The van der Waals surface area contributed by atoms with Crippen molar-refractivity contribution >= 4 is 23.2 Å². The average Bonchev–Trinajstić information content (AvgIpc) is 2.51. The SMILES string of the molecule is CCCCCCC(Cl)COCCOCC(Cl)CCCCCC. The van der Waals surface area contributed by atoms with Gasteiger partial charge < -0.3 is 9.47 Å². The zero-order chi connectivity index (χ0) is 16.5. The van der Waals surface area contributed by atoms with Crippen LogP contribution in [0, 0.1) is 0 Å². The van der Waals surface area contributed by atoms with Gasteiger partial charge in [-0.05, 0) is 12.8 Å². The lowest BCUT2D eigenvalue weighted by Crippen LogP contribution is -2.15. The molecule has 0 aromatic rings. The second kappa shape index (κ2) is 17.8. The Bertz CT molecular complexity index is 193. The van der Waals surface area contributed by atoms with Gasteiger partial charge in [0.2, 0.25) is 0 Å².